The Labute approximate surface area is 81.8 Å². The van der Waals surface area contributed by atoms with Crippen molar-refractivity contribution in [1.82, 2.24) is 0 Å². The van der Waals surface area contributed by atoms with Gasteiger partial charge in [-0.2, -0.15) is 0 Å². The average Bonchev–Trinajstić information content (AvgIpc) is 2.19. The van der Waals surface area contributed by atoms with Crippen LogP contribution in [0, 0.1) is 0 Å². The quantitative estimate of drug-likeness (QED) is 0.449. The smallest absolute Gasteiger partial charge is 0.182 e. The van der Waals surface area contributed by atoms with Crippen molar-refractivity contribution >= 4 is 11.5 Å². The van der Waals surface area contributed by atoms with Crippen LogP contribution < -0.4 is 4.74 Å². The van der Waals surface area contributed by atoms with Gasteiger partial charge in [0.05, 0.1) is 7.11 Å². The molecule has 4 heteroatoms. The lowest BCUT2D eigenvalue weighted by molar-refractivity contribution is -0.111. The summed E-state index contributed by atoms with van der Waals surface area (Å²) in [6.07, 6.45) is 0. The van der Waals surface area contributed by atoms with Crippen molar-refractivity contribution in [1.29, 1.82) is 0 Å². The molecule has 1 N–H and O–H groups in total. The van der Waals surface area contributed by atoms with Crippen molar-refractivity contribution in [3.8, 4) is 5.75 Å². The molecule has 1 rings (SSSR count). The van der Waals surface area contributed by atoms with E-state index in [1.165, 1.54) is 6.92 Å². The number of carbonyl (C=O) groups is 1. The highest BCUT2D eigenvalue weighted by Gasteiger charge is 2.09. The Morgan fingerprint density at radius 2 is 1.93 bits per heavy atom. The molecule has 0 heterocycles. The minimum atomic E-state index is -0.280. The maximum atomic E-state index is 11.0. The fourth-order valence-electron chi connectivity index (χ4n) is 1.08. The number of nitrogens with zero attached hydrogens (tertiary/aromatic N) is 1. The van der Waals surface area contributed by atoms with E-state index in [0.29, 0.717) is 11.3 Å². The summed E-state index contributed by atoms with van der Waals surface area (Å²) >= 11 is 0. The van der Waals surface area contributed by atoms with Gasteiger partial charge >= 0.3 is 0 Å². The van der Waals surface area contributed by atoms with Gasteiger partial charge in [0.2, 0.25) is 0 Å². The zero-order valence-corrected chi connectivity index (χ0v) is 8.02. The molecule has 1 aromatic carbocycles. The molecular weight excluding hydrogens is 182 g/mol. The molecule has 0 aromatic heterocycles. The molecule has 0 radical (unpaired) electrons. The van der Waals surface area contributed by atoms with E-state index >= 15 is 0 Å². The highest BCUT2D eigenvalue weighted by atomic mass is 16.5. The summed E-state index contributed by atoms with van der Waals surface area (Å²) in [6, 6.07) is 6.72. The van der Waals surface area contributed by atoms with Crippen molar-refractivity contribution in [3.63, 3.8) is 0 Å². The molecule has 0 aliphatic rings. The van der Waals surface area contributed by atoms with E-state index in [0.717, 1.165) is 0 Å². The van der Waals surface area contributed by atoms with E-state index in [9.17, 15) is 4.79 Å². The monoisotopic (exact) mass is 193 g/mol. The molecule has 0 spiro atoms. The largest absolute Gasteiger partial charge is 0.497 e. The number of benzene rings is 1. The van der Waals surface area contributed by atoms with Crippen LogP contribution in [0.3, 0.4) is 0 Å². The van der Waals surface area contributed by atoms with Crippen LogP contribution in [0.15, 0.2) is 29.4 Å². The summed E-state index contributed by atoms with van der Waals surface area (Å²) in [6.45, 7) is 1.35. The number of ketones is 1. The van der Waals surface area contributed by atoms with Crippen LogP contribution in [0.5, 0.6) is 5.75 Å². The Morgan fingerprint density at radius 1 is 1.36 bits per heavy atom. The minimum Gasteiger partial charge on any atom is -0.497 e. The van der Waals surface area contributed by atoms with Crippen molar-refractivity contribution in [3.05, 3.63) is 29.8 Å². The van der Waals surface area contributed by atoms with Crippen LogP contribution in [0.2, 0.25) is 0 Å². The summed E-state index contributed by atoms with van der Waals surface area (Å²) in [4.78, 5) is 11.0. The van der Waals surface area contributed by atoms with E-state index < -0.39 is 0 Å². The SMILES string of the molecule is COc1ccc(/C(=N\O)C(C)=O)cc1. The molecule has 74 valence electrons. The molecule has 0 saturated heterocycles. The number of methoxy groups -OCH3 is 1. The fourth-order valence-corrected chi connectivity index (χ4v) is 1.08. The number of rotatable bonds is 3. The normalized spacial score (nSPS) is 11.1. The second kappa shape index (κ2) is 4.41. The van der Waals surface area contributed by atoms with E-state index in [-0.39, 0.29) is 11.5 Å². The number of carbonyl (C=O) groups excluding carboxylic acids is 1. The third-order valence-electron chi connectivity index (χ3n) is 1.80. The highest BCUT2D eigenvalue weighted by Crippen LogP contribution is 2.12. The summed E-state index contributed by atoms with van der Waals surface area (Å²) < 4.78 is 4.96. The Kier molecular flexibility index (Phi) is 3.23. The van der Waals surface area contributed by atoms with Gasteiger partial charge in [-0.25, -0.2) is 0 Å². The van der Waals surface area contributed by atoms with E-state index in [1.807, 2.05) is 0 Å². The first-order chi connectivity index (χ1) is 6.69. The Hall–Kier alpha value is -1.84. The zero-order chi connectivity index (χ0) is 10.6. The molecule has 0 fully saturated rings. The Morgan fingerprint density at radius 3 is 2.29 bits per heavy atom. The van der Waals surface area contributed by atoms with E-state index in [4.69, 9.17) is 9.94 Å². The van der Waals surface area contributed by atoms with Crippen molar-refractivity contribution < 1.29 is 14.7 Å². The molecule has 0 aliphatic heterocycles. The van der Waals surface area contributed by atoms with Crippen LogP contribution in [-0.4, -0.2) is 23.8 Å². The first-order valence-corrected chi connectivity index (χ1v) is 4.06. The molecule has 4 nitrogen and oxygen atoms in total. The highest BCUT2D eigenvalue weighted by molar-refractivity contribution is 6.45. The van der Waals surface area contributed by atoms with Crippen LogP contribution in [0.4, 0.5) is 0 Å². The fraction of sp³-hybridized carbons (Fsp3) is 0.200. The second-order valence-corrected chi connectivity index (χ2v) is 2.73. The topological polar surface area (TPSA) is 58.9 Å². The van der Waals surface area contributed by atoms with Crippen LogP contribution in [0.1, 0.15) is 12.5 Å². The van der Waals surface area contributed by atoms with Gasteiger partial charge in [0.1, 0.15) is 5.75 Å². The minimum absolute atomic E-state index is 0.0488. The Bertz CT molecular complexity index is 354. The van der Waals surface area contributed by atoms with Gasteiger partial charge in [-0.3, -0.25) is 4.79 Å². The molecule has 0 bridgehead atoms. The molecule has 14 heavy (non-hydrogen) atoms. The van der Waals surface area contributed by atoms with Crippen molar-refractivity contribution in [2.75, 3.05) is 7.11 Å². The molecular formula is C10H11NO3. The van der Waals surface area contributed by atoms with Crippen LogP contribution in [-0.2, 0) is 4.79 Å². The first-order valence-electron chi connectivity index (χ1n) is 4.06. The molecule has 0 saturated carbocycles. The standard InChI is InChI=1S/C10H11NO3/c1-7(12)10(11-13)8-3-5-9(14-2)6-4-8/h3-6,13H,1-2H3/b11-10-. The number of Topliss-reactive ketones (excluding diaryl/α,β-unsaturated/α-hetero) is 1. The third kappa shape index (κ3) is 2.10. The summed E-state index contributed by atoms with van der Waals surface area (Å²) in [7, 11) is 1.56. The molecule has 0 unspecified atom stereocenters. The number of oxime groups is 1. The summed E-state index contributed by atoms with van der Waals surface area (Å²) in [5, 5.41) is 11.6. The predicted molar refractivity (Wildman–Crippen MR) is 52.0 cm³/mol. The third-order valence-corrected chi connectivity index (χ3v) is 1.80. The molecule has 1 aromatic rings. The first kappa shape index (κ1) is 10.2. The van der Waals surface area contributed by atoms with Crippen LogP contribution >= 0.6 is 0 Å². The van der Waals surface area contributed by atoms with Gasteiger partial charge in [0, 0.05) is 12.5 Å². The zero-order valence-electron chi connectivity index (χ0n) is 8.02. The summed E-state index contributed by atoms with van der Waals surface area (Å²) in [5.74, 6) is 0.409. The number of ether oxygens (including phenoxy) is 1. The predicted octanol–water partition coefficient (Wildman–Crippen LogP) is 1.46. The van der Waals surface area contributed by atoms with Crippen molar-refractivity contribution in [2.45, 2.75) is 6.92 Å². The van der Waals surface area contributed by atoms with Gasteiger partial charge in [0.25, 0.3) is 0 Å². The lowest BCUT2D eigenvalue weighted by Gasteiger charge is -2.02. The average molecular weight is 193 g/mol. The number of hydrogen-bond donors (Lipinski definition) is 1. The lowest BCUT2D eigenvalue weighted by Crippen LogP contribution is -2.11. The maximum Gasteiger partial charge on any atom is 0.182 e. The summed E-state index contributed by atoms with van der Waals surface area (Å²) in [5.41, 5.74) is 0.619. The van der Waals surface area contributed by atoms with Gasteiger partial charge in [0.15, 0.2) is 11.5 Å². The second-order valence-electron chi connectivity index (χ2n) is 2.73. The maximum absolute atomic E-state index is 11.0. The Balaban J connectivity index is 3.02. The van der Waals surface area contributed by atoms with Gasteiger partial charge in [-0.1, -0.05) is 5.16 Å². The van der Waals surface area contributed by atoms with Crippen LogP contribution in [0.25, 0.3) is 0 Å². The molecule has 0 amide bonds. The number of hydrogen-bond acceptors (Lipinski definition) is 4. The van der Waals surface area contributed by atoms with Gasteiger partial charge in [-0.15, -0.1) is 0 Å². The molecule has 0 atom stereocenters. The van der Waals surface area contributed by atoms with Crippen molar-refractivity contribution in [2.24, 2.45) is 5.16 Å². The van der Waals surface area contributed by atoms with Gasteiger partial charge in [-0.05, 0) is 24.3 Å². The lowest BCUT2D eigenvalue weighted by atomic mass is 10.1. The van der Waals surface area contributed by atoms with E-state index in [1.54, 1.807) is 31.4 Å². The van der Waals surface area contributed by atoms with E-state index in [2.05, 4.69) is 5.16 Å². The van der Waals surface area contributed by atoms with Gasteiger partial charge < -0.3 is 9.94 Å². The molecule has 0 aliphatic carbocycles.